The first-order chi connectivity index (χ1) is 5.40. The molecule has 0 aromatic rings. The maximum atomic E-state index is 8.41. The normalized spacial score (nSPS) is 34.3. The van der Waals surface area contributed by atoms with E-state index in [9.17, 15) is 0 Å². The summed E-state index contributed by atoms with van der Waals surface area (Å²) in [5.74, 6) is 7.60. The van der Waals surface area contributed by atoms with Crippen LogP contribution in [0.15, 0.2) is 0 Å². The summed E-state index contributed by atoms with van der Waals surface area (Å²) in [6.45, 7) is 3.34. The number of aliphatic hydroxyl groups is 1. The van der Waals surface area contributed by atoms with Crippen LogP contribution in [0.1, 0.15) is 6.42 Å². The zero-order valence-corrected chi connectivity index (χ0v) is 6.58. The van der Waals surface area contributed by atoms with Gasteiger partial charge in [0, 0.05) is 13.1 Å². The minimum absolute atomic E-state index is 0.000692. The minimum atomic E-state index is 0.000692. The lowest BCUT2D eigenvalue weighted by Crippen LogP contribution is -2.22. The van der Waals surface area contributed by atoms with Gasteiger partial charge in [0.1, 0.15) is 6.61 Å². The van der Waals surface area contributed by atoms with Crippen molar-refractivity contribution in [3.63, 3.8) is 0 Å². The van der Waals surface area contributed by atoms with Gasteiger partial charge < -0.3 is 5.11 Å². The summed E-state index contributed by atoms with van der Waals surface area (Å²) < 4.78 is 0. The molecule has 0 aromatic heterocycles. The molecule has 1 N–H and O–H groups in total. The topological polar surface area (TPSA) is 23.5 Å². The molecule has 0 spiro atoms. The van der Waals surface area contributed by atoms with Gasteiger partial charge in [0.2, 0.25) is 0 Å². The number of rotatable bonds is 1. The number of fused-ring (bicyclic) bond motifs is 1. The Kier molecular flexibility index (Phi) is 1.85. The van der Waals surface area contributed by atoms with Crippen molar-refractivity contribution in [3.05, 3.63) is 0 Å². The fourth-order valence-electron chi connectivity index (χ4n) is 1.85. The SMILES string of the molecule is OCC#CCN1CC2CC2C1. The van der Waals surface area contributed by atoms with Crippen LogP contribution in [0.2, 0.25) is 0 Å². The number of likely N-dealkylation sites (tertiary alicyclic amines) is 1. The molecule has 0 radical (unpaired) electrons. The minimum Gasteiger partial charge on any atom is -0.384 e. The Morgan fingerprint density at radius 2 is 2.00 bits per heavy atom. The van der Waals surface area contributed by atoms with Crippen LogP contribution in [0.4, 0.5) is 0 Å². The second kappa shape index (κ2) is 2.84. The molecule has 2 heteroatoms. The second-order valence-corrected chi connectivity index (χ2v) is 3.46. The maximum Gasteiger partial charge on any atom is 0.104 e. The lowest BCUT2D eigenvalue weighted by molar-refractivity contribution is 0.339. The molecule has 2 aliphatic rings. The molecule has 0 aromatic carbocycles. The number of piperidine rings is 1. The van der Waals surface area contributed by atoms with E-state index in [1.165, 1.54) is 19.5 Å². The van der Waals surface area contributed by atoms with Gasteiger partial charge in [-0.05, 0) is 18.3 Å². The average molecular weight is 151 g/mol. The van der Waals surface area contributed by atoms with Crippen LogP contribution < -0.4 is 0 Å². The molecule has 1 aliphatic carbocycles. The number of hydrogen-bond acceptors (Lipinski definition) is 2. The Labute approximate surface area is 67.2 Å². The molecule has 2 nitrogen and oxygen atoms in total. The van der Waals surface area contributed by atoms with Crippen molar-refractivity contribution < 1.29 is 5.11 Å². The first-order valence-electron chi connectivity index (χ1n) is 4.19. The molecular formula is C9H13NO. The number of nitrogens with zero attached hydrogens (tertiary/aromatic N) is 1. The van der Waals surface area contributed by atoms with Crippen LogP contribution >= 0.6 is 0 Å². The fraction of sp³-hybridized carbons (Fsp3) is 0.778. The predicted octanol–water partition coefficient (Wildman–Crippen LogP) is -0.0662. The van der Waals surface area contributed by atoms with Crippen molar-refractivity contribution >= 4 is 0 Å². The van der Waals surface area contributed by atoms with Crippen LogP contribution in [0.25, 0.3) is 0 Å². The van der Waals surface area contributed by atoms with Gasteiger partial charge in [0.05, 0.1) is 6.54 Å². The molecule has 2 rings (SSSR count). The maximum absolute atomic E-state index is 8.41. The van der Waals surface area contributed by atoms with E-state index in [0.29, 0.717) is 0 Å². The summed E-state index contributed by atoms with van der Waals surface area (Å²) in [7, 11) is 0. The molecule has 1 saturated carbocycles. The van der Waals surface area contributed by atoms with E-state index in [2.05, 4.69) is 16.7 Å². The molecule has 0 bridgehead atoms. The molecule has 2 atom stereocenters. The van der Waals surface area contributed by atoms with Crippen molar-refractivity contribution in [2.24, 2.45) is 11.8 Å². The lowest BCUT2D eigenvalue weighted by atomic mass is 10.4. The summed E-state index contributed by atoms with van der Waals surface area (Å²) in [6.07, 6.45) is 1.45. The van der Waals surface area contributed by atoms with Crippen molar-refractivity contribution in [1.29, 1.82) is 0 Å². The first-order valence-corrected chi connectivity index (χ1v) is 4.19. The molecule has 60 valence electrons. The molecule has 2 unspecified atom stereocenters. The molecule has 1 saturated heterocycles. The summed E-state index contributed by atoms with van der Waals surface area (Å²) >= 11 is 0. The summed E-state index contributed by atoms with van der Waals surface area (Å²) in [5, 5.41) is 8.41. The predicted molar refractivity (Wildman–Crippen MR) is 42.9 cm³/mol. The monoisotopic (exact) mass is 151 g/mol. The smallest absolute Gasteiger partial charge is 0.104 e. The zero-order valence-electron chi connectivity index (χ0n) is 6.58. The molecule has 0 amide bonds. The van der Waals surface area contributed by atoms with E-state index >= 15 is 0 Å². The van der Waals surface area contributed by atoms with Crippen molar-refractivity contribution in [2.75, 3.05) is 26.2 Å². The van der Waals surface area contributed by atoms with Gasteiger partial charge in [-0.3, -0.25) is 4.90 Å². The van der Waals surface area contributed by atoms with Crippen LogP contribution in [-0.2, 0) is 0 Å². The van der Waals surface area contributed by atoms with Crippen LogP contribution in [0.3, 0.4) is 0 Å². The molecule has 2 fully saturated rings. The van der Waals surface area contributed by atoms with Gasteiger partial charge >= 0.3 is 0 Å². The highest BCUT2D eigenvalue weighted by atomic mass is 16.2. The van der Waals surface area contributed by atoms with Crippen LogP contribution in [0.5, 0.6) is 0 Å². The van der Waals surface area contributed by atoms with Crippen molar-refractivity contribution in [3.8, 4) is 11.8 Å². The average Bonchev–Trinajstić information content (AvgIpc) is 2.61. The Balaban J connectivity index is 1.72. The highest BCUT2D eigenvalue weighted by Crippen LogP contribution is 2.44. The van der Waals surface area contributed by atoms with Gasteiger partial charge in [-0.25, -0.2) is 0 Å². The fourth-order valence-corrected chi connectivity index (χ4v) is 1.85. The summed E-state index contributed by atoms with van der Waals surface area (Å²) in [4.78, 5) is 2.38. The largest absolute Gasteiger partial charge is 0.384 e. The molecule has 1 aliphatic heterocycles. The van der Waals surface area contributed by atoms with Crippen molar-refractivity contribution in [1.82, 2.24) is 4.90 Å². The van der Waals surface area contributed by atoms with E-state index < -0.39 is 0 Å². The third kappa shape index (κ3) is 1.55. The second-order valence-electron chi connectivity index (χ2n) is 3.46. The Morgan fingerprint density at radius 3 is 2.64 bits per heavy atom. The van der Waals surface area contributed by atoms with E-state index in [4.69, 9.17) is 5.11 Å². The quantitative estimate of drug-likeness (QED) is 0.530. The highest BCUT2D eigenvalue weighted by molar-refractivity contribution is 5.05. The Morgan fingerprint density at radius 1 is 1.27 bits per heavy atom. The van der Waals surface area contributed by atoms with Gasteiger partial charge in [-0.2, -0.15) is 0 Å². The Hall–Kier alpha value is -0.520. The molecular weight excluding hydrogens is 138 g/mol. The van der Waals surface area contributed by atoms with Gasteiger partial charge in [-0.1, -0.05) is 11.8 Å². The molecule has 11 heavy (non-hydrogen) atoms. The van der Waals surface area contributed by atoms with E-state index in [1.54, 1.807) is 0 Å². The van der Waals surface area contributed by atoms with Crippen molar-refractivity contribution in [2.45, 2.75) is 6.42 Å². The van der Waals surface area contributed by atoms with E-state index in [-0.39, 0.29) is 6.61 Å². The highest BCUT2D eigenvalue weighted by Gasteiger charge is 2.44. The first kappa shape index (κ1) is 7.15. The standard InChI is InChI=1S/C9H13NO/c11-4-2-1-3-10-6-8-5-9(8)7-10/h8-9,11H,3-7H2. The van der Waals surface area contributed by atoms with E-state index in [0.717, 1.165) is 18.4 Å². The third-order valence-electron chi connectivity index (χ3n) is 2.56. The summed E-state index contributed by atoms with van der Waals surface area (Å²) in [6, 6.07) is 0. The number of aliphatic hydroxyl groups excluding tert-OH is 1. The van der Waals surface area contributed by atoms with Gasteiger partial charge in [0.25, 0.3) is 0 Å². The zero-order chi connectivity index (χ0) is 7.68. The lowest BCUT2D eigenvalue weighted by Gasteiger charge is -2.12. The van der Waals surface area contributed by atoms with Crippen LogP contribution in [-0.4, -0.2) is 36.2 Å². The molecule has 1 heterocycles. The number of hydrogen-bond donors (Lipinski definition) is 1. The Bertz CT molecular complexity index is 193. The van der Waals surface area contributed by atoms with Gasteiger partial charge in [0.15, 0.2) is 0 Å². The van der Waals surface area contributed by atoms with Gasteiger partial charge in [-0.15, -0.1) is 0 Å². The van der Waals surface area contributed by atoms with E-state index in [1.807, 2.05) is 0 Å². The summed E-state index contributed by atoms with van der Waals surface area (Å²) in [5.41, 5.74) is 0. The third-order valence-corrected chi connectivity index (χ3v) is 2.56. The van der Waals surface area contributed by atoms with Crippen LogP contribution in [0, 0.1) is 23.7 Å².